The predicted molar refractivity (Wildman–Crippen MR) is 102 cm³/mol. The molecular formula is C20H26N2OS. The first kappa shape index (κ1) is 17.2. The molecule has 1 aliphatic rings. The fourth-order valence-electron chi connectivity index (χ4n) is 3.23. The van der Waals surface area contributed by atoms with Gasteiger partial charge in [-0.2, -0.15) is 0 Å². The van der Waals surface area contributed by atoms with Crippen LogP contribution >= 0.6 is 0 Å². The molecule has 1 unspecified atom stereocenters. The Morgan fingerprint density at radius 1 is 1.04 bits per heavy atom. The van der Waals surface area contributed by atoms with E-state index in [4.69, 9.17) is 0 Å². The van der Waals surface area contributed by atoms with Crippen LogP contribution in [0.15, 0.2) is 46.2 Å². The van der Waals surface area contributed by atoms with E-state index >= 15 is 0 Å². The van der Waals surface area contributed by atoms with Crippen molar-refractivity contribution in [3.63, 3.8) is 0 Å². The van der Waals surface area contributed by atoms with Crippen LogP contribution in [-0.2, 0) is 10.8 Å². The minimum Gasteiger partial charge on any atom is -0.339 e. The van der Waals surface area contributed by atoms with E-state index in [-0.39, 0.29) is 0 Å². The summed E-state index contributed by atoms with van der Waals surface area (Å²) in [7, 11) is -1.10. The minimum absolute atomic E-state index is 0.926. The molecule has 0 amide bonds. The number of aryl methyl sites for hydroxylation is 1. The van der Waals surface area contributed by atoms with E-state index in [1.165, 1.54) is 11.1 Å². The number of rotatable bonds is 6. The van der Waals surface area contributed by atoms with E-state index in [9.17, 15) is 4.21 Å². The van der Waals surface area contributed by atoms with Gasteiger partial charge in [0.25, 0.3) is 0 Å². The highest BCUT2D eigenvalue weighted by atomic mass is 32.2. The molecule has 0 aromatic heterocycles. The van der Waals surface area contributed by atoms with Crippen LogP contribution in [0.25, 0.3) is 0 Å². The van der Waals surface area contributed by atoms with Crippen molar-refractivity contribution in [3.8, 4) is 0 Å². The van der Waals surface area contributed by atoms with Gasteiger partial charge in [-0.1, -0.05) is 25.1 Å². The Bertz CT molecular complexity index is 757. The molecule has 1 atom stereocenters. The fraction of sp³-hybridized carbons (Fsp3) is 0.400. The van der Waals surface area contributed by atoms with Crippen molar-refractivity contribution in [1.29, 1.82) is 0 Å². The number of anilines is 2. The molecule has 3 rings (SSSR count). The van der Waals surface area contributed by atoms with Gasteiger partial charge in [-0.3, -0.25) is 0 Å². The summed E-state index contributed by atoms with van der Waals surface area (Å²) in [6.45, 7) is 9.46. The Morgan fingerprint density at radius 2 is 1.83 bits per heavy atom. The lowest BCUT2D eigenvalue weighted by molar-refractivity contribution is 0.638. The zero-order chi connectivity index (χ0) is 17.1. The van der Waals surface area contributed by atoms with Gasteiger partial charge < -0.3 is 10.2 Å². The maximum absolute atomic E-state index is 13.0. The summed E-state index contributed by atoms with van der Waals surface area (Å²) in [6.07, 6.45) is 2.22. The Kier molecular flexibility index (Phi) is 5.36. The second kappa shape index (κ2) is 7.49. The topological polar surface area (TPSA) is 32.3 Å². The standard InChI is InChI=1S/C20H26N2OS/c1-4-12-21-13-7-14-22-17-8-5-6-9-18(17)24(23)19-11-10-15(2)16(3)20(19)22/h5-6,8-11,21H,4,7,12-14H2,1-3H3. The van der Waals surface area contributed by atoms with Crippen molar-refractivity contribution in [2.45, 2.75) is 43.4 Å². The number of benzene rings is 2. The molecular weight excluding hydrogens is 316 g/mol. The first-order valence-electron chi connectivity index (χ1n) is 8.74. The average molecular weight is 343 g/mol. The van der Waals surface area contributed by atoms with Gasteiger partial charge in [-0.25, -0.2) is 4.21 Å². The quantitative estimate of drug-likeness (QED) is 0.794. The summed E-state index contributed by atoms with van der Waals surface area (Å²) in [5.74, 6) is 0. The highest BCUT2D eigenvalue weighted by Crippen LogP contribution is 2.44. The van der Waals surface area contributed by atoms with Crippen LogP contribution in [-0.4, -0.2) is 23.8 Å². The van der Waals surface area contributed by atoms with Crippen molar-refractivity contribution in [2.24, 2.45) is 0 Å². The molecule has 0 saturated carbocycles. The van der Waals surface area contributed by atoms with E-state index in [1.54, 1.807) is 0 Å². The summed E-state index contributed by atoms with van der Waals surface area (Å²) < 4.78 is 13.0. The molecule has 0 fully saturated rings. The van der Waals surface area contributed by atoms with Gasteiger partial charge in [-0.15, -0.1) is 0 Å². The molecule has 4 heteroatoms. The first-order chi connectivity index (χ1) is 11.6. The Morgan fingerprint density at radius 3 is 2.62 bits per heavy atom. The third-order valence-electron chi connectivity index (χ3n) is 4.65. The number of para-hydroxylation sites is 1. The number of nitrogens with zero attached hydrogens (tertiary/aromatic N) is 1. The van der Waals surface area contributed by atoms with Crippen LogP contribution in [0.1, 0.15) is 30.9 Å². The summed E-state index contributed by atoms with van der Waals surface area (Å²) in [5.41, 5.74) is 4.71. The summed E-state index contributed by atoms with van der Waals surface area (Å²) in [4.78, 5) is 4.23. The zero-order valence-electron chi connectivity index (χ0n) is 14.8. The van der Waals surface area contributed by atoms with Crippen molar-refractivity contribution < 1.29 is 4.21 Å². The lowest BCUT2D eigenvalue weighted by atomic mass is 10.1. The number of hydrogen-bond donors (Lipinski definition) is 1. The van der Waals surface area contributed by atoms with Crippen LogP contribution in [0.5, 0.6) is 0 Å². The number of hydrogen-bond acceptors (Lipinski definition) is 3. The molecule has 0 bridgehead atoms. The van der Waals surface area contributed by atoms with E-state index in [0.29, 0.717) is 0 Å². The zero-order valence-corrected chi connectivity index (χ0v) is 15.6. The van der Waals surface area contributed by atoms with Crippen molar-refractivity contribution >= 4 is 22.2 Å². The van der Waals surface area contributed by atoms with Gasteiger partial charge in [0.15, 0.2) is 0 Å². The summed E-state index contributed by atoms with van der Waals surface area (Å²) in [6, 6.07) is 12.2. The molecule has 2 aromatic rings. The number of nitrogens with one attached hydrogen (secondary N) is 1. The smallest absolute Gasteiger partial charge is 0.0892 e. The monoisotopic (exact) mass is 342 g/mol. The Balaban J connectivity index is 1.97. The van der Waals surface area contributed by atoms with E-state index in [2.05, 4.69) is 43.1 Å². The fourth-order valence-corrected chi connectivity index (χ4v) is 4.67. The lowest BCUT2D eigenvalue weighted by Gasteiger charge is -2.34. The molecule has 24 heavy (non-hydrogen) atoms. The van der Waals surface area contributed by atoms with E-state index in [0.717, 1.165) is 53.6 Å². The Labute approximate surface area is 147 Å². The normalized spacial score (nSPS) is 16.0. The van der Waals surface area contributed by atoms with Crippen molar-refractivity contribution in [2.75, 3.05) is 24.5 Å². The molecule has 0 saturated heterocycles. The molecule has 0 aliphatic carbocycles. The van der Waals surface area contributed by atoms with Crippen LogP contribution in [0.3, 0.4) is 0 Å². The Hall–Kier alpha value is -1.65. The highest BCUT2D eigenvalue weighted by Gasteiger charge is 2.29. The SMILES string of the molecule is CCCNCCCN1c2ccccc2S(=O)c2ccc(C)c(C)c21. The third kappa shape index (κ3) is 3.13. The van der Waals surface area contributed by atoms with Crippen LogP contribution in [0, 0.1) is 13.8 Å². The van der Waals surface area contributed by atoms with E-state index < -0.39 is 10.8 Å². The summed E-state index contributed by atoms with van der Waals surface area (Å²) in [5, 5.41) is 3.47. The van der Waals surface area contributed by atoms with E-state index in [1.807, 2.05) is 24.3 Å². The largest absolute Gasteiger partial charge is 0.339 e. The van der Waals surface area contributed by atoms with Gasteiger partial charge in [0, 0.05) is 6.54 Å². The first-order valence-corrected chi connectivity index (χ1v) is 9.89. The molecule has 1 aliphatic heterocycles. The number of fused-ring (bicyclic) bond motifs is 2. The molecule has 128 valence electrons. The third-order valence-corrected chi connectivity index (χ3v) is 6.13. The van der Waals surface area contributed by atoms with Crippen LogP contribution in [0.4, 0.5) is 11.4 Å². The molecule has 1 heterocycles. The van der Waals surface area contributed by atoms with Crippen molar-refractivity contribution in [1.82, 2.24) is 5.32 Å². The second-order valence-corrected chi connectivity index (χ2v) is 7.76. The molecule has 1 N–H and O–H groups in total. The van der Waals surface area contributed by atoms with Crippen LogP contribution in [0.2, 0.25) is 0 Å². The van der Waals surface area contributed by atoms with Crippen LogP contribution < -0.4 is 10.2 Å². The molecule has 2 aromatic carbocycles. The molecule has 0 spiro atoms. The minimum atomic E-state index is -1.10. The average Bonchev–Trinajstić information content (AvgIpc) is 2.60. The maximum atomic E-state index is 13.0. The lowest BCUT2D eigenvalue weighted by Crippen LogP contribution is -2.28. The van der Waals surface area contributed by atoms with Crippen molar-refractivity contribution in [3.05, 3.63) is 47.5 Å². The van der Waals surface area contributed by atoms with Gasteiger partial charge in [0.1, 0.15) is 0 Å². The van der Waals surface area contributed by atoms with Gasteiger partial charge >= 0.3 is 0 Å². The summed E-state index contributed by atoms with van der Waals surface area (Å²) >= 11 is 0. The molecule has 3 nitrogen and oxygen atoms in total. The predicted octanol–water partition coefficient (Wildman–Crippen LogP) is 4.31. The molecule has 0 radical (unpaired) electrons. The van der Waals surface area contributed by atoms with Gasteiger partial charge in [0.2, 0.25) is 0 Å². The highest BCUT2D eigenvalue weighted by molar-refractivity contribution is 7.85. The van der Waals surface area contributed by atoms with Gasteiger partial charge in [0.05, 0.1) is 32.0 Å². The maximum Gasteiger partial charge on any atom is 0.0892 e. The van der Waals surface area contributed by atoms with Gasteiger partial charge in [-0.05, 0) is 69.1 Å². The second-order valence-electron chi connectivity index (χ2n) is 6.35.